The van der Waals surface area contributed by atoms with Crippen LogP contribution in [0.4, 0.5) is 0 Å². The average molecular weight is 483 g/mol. The molecule has 3 aromatic carbocycles. The van der Waals surface area contributed by atoms with Crippen LogP contribution < -0.4 is 10.5 Å². The lowest BCUT2D eigenvalue weighted by Crippen LogP contribution is -2.40. The van der Waals surface area contributed by atoms with Crippen molar-refractivity contribution < 1.29 is 4.74 Å². The van der Waals surface area contributed by atoms with E-state index in [1.807, 2.05) is 37.3 Å². The molecule has 4 N–H and O–H groups in total. The Balaban J connectivity index is 1.60. The van der Waals surface area contributed by atoms with Crippen LogP contribution in [0.2, 0.25) is 0 Å². The SMILES string of the molecule is CC(=N)N1CCC(Oc2ccc3c(nc(C(C)C)n3-c3ccc(C(=N)N)c4ccccc34)c2C)CC1. The Kier molecular flexibility index (Phi) is 6.16. The minimum Gasteiger partial charge on any atom is -0.490 e. The summed E-state index contributed by atoms with van der Waals surface area (Å²) in [5.74, 6) is 2.77. The lowest BCUT2D eigenvalue weighted by atomic mass is 10.0. The van der Waals surface area contributed by atoms with E-state index >= 15 is 0 Å². The standard InChI is InChI=1S/C29H34N6O/c1-17(2)29-33-27-18(3)26(36-20-13-15-34(16-14-20)19(4)30)12-11-25(27)35(29)24-10-9-23(28(31)32)21-7-5-6-8-22(21)24/h5-12,17,20,30H,13-16H2,1-4H3,(H3,31,32). The second kappa shape index (κ2) is 9.30. The summed E-state index contributed by atoms with van der Waals surface area (Å²) < 4.78 is 8.71. The van der Waals surface area contributed by atoms with Crippen molar-refractivity contribution in [3.63, 3.8) is 0 Å². The molecule has 1 aliphatic heterocycles. The number of fused-ring (bicyclic) bond motifs is 2. The summed E-state index contributed by atoms with van der Waals surface area (Å²) in [6.45, 7) is 9.98. The smallest absolute Gasteiger partial charge is 0.124 e. The van der Waals surface area contributed by atoms with Crippen LogP contribution in [-0.2, 0) is 0 Å². The molecule has 0 amide bonds. The molecule has 0 bridgehead atoms. The molecule has 5 rings (SSSR count). The molecule has 1 saturated heterocycles. The van der Waals surface area contributed by atoms with E-state index in [1.54, 1.807) is 0 Å². The van der Waals surface area contributed by atoms with E-state index < -0.39 is 0 Å². The molecule has 0 aliphatic carbocycles. The fourth-order valence-corrected chi connectivity index (χ4v) is 5.25. The van der Waals surface area contributed by atoms with Gasteiger partial charge in [-0.3, -0.25) is 15.4 Å². The first-order chi connectivity index (χ1) is 17.3. The number of nitrogen functional groups attached to an aromatic ring is 1. The Morgan fingerprint density at radius 2 is 1.72 bits per heavy atom. The maximum atomic E-state index is 8.03. The molecule has 1 aromatic heterocycles. The van der Waals surface area contributed by atoms with Crippen LogP contribution >= 0.6 is 0 Å². The van der Waals surface area contributed by atoms with Crippen molar-refractivity contribution in [1.82, 2.24) is 14.5 Å². The lowest BCUT2D eigenvalue weighted by Gasteiger charge is -2.33. The van der Waals surface area contributed by atoms with E-state index in [0.29, 0.717) is 5.84 Å². The zero-order chi connectivity index (χ0) is 25.6. The molecule has 0 spiro atoms. The van der Waals surface area contributed by atoms with Gasteiger partial charge in [0.2, 0.25) is 0 Å². The van der Waals surface area contributed by atoms with Crippen LogP contribution in [0.15, 0.2) is 48.5 Å². The van der Waals surface area contributed by atoms with Crippen LogP contribution in [0.25, 0.3) is 27.5 Å². The Hall–Kier alpha value is -3.87. The number of nitrogens with two attached hydrogens (primary N) is 1. The number of piperidine rings is 1. The number of hydrogen-bond donors (Lipinski definition) is 3. The fraction of sp³-hybridized carbons (Fsp3) is 0.345. The van der Waals surface area contributed by atoms with Gasteiger partial charge in [-0.15, -0.1) is 0 Å². The summed E-state index contributed by atoms with van der Waals surface area (Å²) in [7, 11) is 0. The van der Waals surface area contributed by atoms with E-state index in [4.69, 9.17) is 26.3 Å². The summed E-state index contributed by atoms with van der Waals surface area (Å²) in [6, 6.07) is 16.3. The molecule has 0 radical (unpaired) electrons. The summed E-state index contributed by atoms with van der Waals surface area (Å²) in [5, 5.41) is 17.9. The highest BCUT2D eigenvalue weighted by atomic mass is 16.5. The minimum atomic E-state index is 0.0663. The van der Waals surface area contributed by atoms with Gasteiger partial charge in [-0.25, -0.2) is 4.98 Å². The molecule has 7 nitrogen and oxygen atoms in total. The highest BCUT2D eigenvalue weighted by Gasteiger charge is 2.24. The van der Waals surface area contributed by atoms with E-state index in [-0.39, 0.29) is 17.9 Å². The molecule has 186 valence electrons. The molecule has 4 aromatic rings. The Morgan fingerprint density at radius 1 is 1.03 bits per heavy atom. The summed E-state index contributed by atoms with van der Waals surface area (Å²) in [5.41, 5.74) is 10.7. The quantitative estimate of drug-likeness (QED) is 0.249. The van der Waals surface area contributed by atoms with E-state index in [1.165, 1.54) is 0 Å². The number of aromatic nitrogens is 2. The van der Waals surface area contributed by atoms with Gasteiger partial charge >= 0.3 is 0 Å². The molecule has 0 saturated carbocycles. The zero-order valence-electron chi connectivity index (χ0n) is 21.4. The van der Waals surface area contributed by atoms with Crippen molar-refractivity contribution in [3.8, 4) is 11.4 Å². The van der Waals surface area contributed by atoms with Crippen LogP contribution in [0.3, 0.4) is 0 Å². The van der Waals surface area contributed by atoms with Gasteiger partial charge < -0.3 is 15.4 Å². The number of rotatable bonds is 5. The lowest BCUT2D eigenvalue weighted by molar-refractivity contribution is 0.130. The molecule has 1 fully saturated rings. The molecular formula is C29H34N6O. The normalized spacial score (nSPS) is 14.6. The van der Waals surface area contributed by atoms with Crippen molar-refractivity contribution in [1.29, 1.82) is 10.8 Å². The molecule has 36 heavy (non-hydrogen) atoms. The zero-order valence-corrected chi connectivity index (χ0v) is 21.4. The van der Waals surface area contributed by atoms with Crippen molar-refractivity contribution in [2.45, 2.75) is 52.6 Å². The molecule has 0 atom stereocenters. The van der Waals surface area contributed by atoms with Crippen LogP contribution in [-0.4, -0.2) is 45.3 Å². The number of benzene rings is 3. The molecule has 1 aliphatic rings. The van der Waals surface area contributed by atoms with E-state index in [2.05, 4.69) is 48.4 Å². The highest BCUT2D eigenvalue weighted by Crippen LogP contribution is 2.36. The third-order valence-corrected chi connectivity index (χ3v) is 7.21. The maximum Gasteiger partial charge on any atom is 0.124 e. The number of amidine groups is 2. The minimum absolute atomic E-state index is 0.0663. The number of aryl methyl sites for hydroxylation is 1. The van der Waals surface area contributed by atoms with Crippen molar-refractivity contribution in [2.75, 3.05) is 13.1 Å². The number of imidazole rings is 1. The van der Waals surface area contributed by atoms with Crippen LogP contribution in [0, 0.1) is 17.7 Å². The molecule has 2 heterocycles. The van der Waals surface area contributed by atoms with Gasteiger partial charge in [0, 0.05) is 48.4 Å². The monoisotopic (exact) mass is 482 g/mol. The maximum absolute atomic E-state index is 8.03. The average Bonchev–Trinajstić information content (AvgIpc) is 3.26. The second-order valence-electron chi connectivity index (χ2n) is 10.00. The van der Waals surface area contributed by atoms with E-state index in [0.717, 1.165) is 76.1 Å². The number of nitrogens with zero attached hydrogens (tertiary/aromatic N) is 3. The van der Waals surface area contributed by atoms with Crippen molar-refractivity contribution in [2.24, 2.45) is 5.73 Å². The van der Waals surface area contributed by atoms with Crippen molar-refractivity contribution in [3.05, 3.63) is 65.5 Å². The first-order valence-electron chi connectivity index (χ1n) is 12.6. The third-order valence-electron chi connectivity index (χ3n) is 7.21. The van der Waals surface area contributed by atoms with Crippen LogP contribution in [0.1, 0.15) is 56.5 Å². The van der Waals surface area contributed by atoms with E-state index in [9.17, 15) is 0 Å². The van der Waals surface area contributed by atoms with Crippen LogP contribution in [0.5, 0.6) is 5.75 Å². The Bertz CT molecular complexity index is 1480. The van der Waals surface area contributed by atoms with Gasteiger partial charge in [-0.1, -0.05) is 38.1 Å². The van der Waals surface area contributed by atoms with Gasteiger partial charge in [0.05, 0.1) is 22.6 Å². The summed E-state index contributed by atoms with van der Waals surface area (Å²) >= 11 is 0. The highest BCUT2D eigenvalue weighted by molar-refractivity contribution is 6.10. The predicted octanol–water partition coefficient (Wildman–Crippen LogP) is 5.73. The molecule has 7 heteroatoms. The first kappa shape index (κ1) is 23.9. The molecular weight excluding hydrogens is 448 g/mol. The second-order valence-corrected chi connectivity index (χ2v) is 10.00. The van der Waals surface area contributed by atoms with Gasteiger partial charge in [-0.2, -0.15) is 0 Å². The van der Waals surface area contributed by atoms with Gasteiger partial charge in [0.1, 0.15) is 23.5 Å². The first-order valence-corrected chi connectivity index (χ1v) is 12.6. The number of ether oxygens (including phenoxy) is 1. The van der Waals surface area contributed by atoms with Gasteiger partial charge in [-0.05, 0) is 43.5 Å². The summed E-state index contributed by atoms with van der Waals surface area (Å²) in [4.78, 5) is 7.23. The fourth-order valence-electron chi connectivity index (χ4n) is 5.25. The van der Waals surface area contributed by atoms with Crippen molar-refractivity contribution >= 4 is 33.5 Å². The number of hydrogen-bond acceptors (Lipinski definition) is 4. The Labute approximate surface area is 211 Å². The number of likely N-dealkylation sites (tertiary alicyclic amines) is 1. The number of nitrogens with one attached hydrogen (secondary N) is 2. The molecule has 0 unspecified atom stereocenters. The third kappa shape index (κ3) is 4.08. The summed E-state index contributed by atoms with van der Waals surface area (Å²) in [6.07, 6.45) is 1.97. The van der Waals surface area contributed by atoms with Gasteiger partial charge in [0.15, 0.2) is 0 Å². The predicted molar refractivity (Wildman–Crippen MR) is 147 cm³/mol. The van der Waals surface area contributed by atoms with Gasteiger partial charge in [0.25, 0.3) is 0 Å². The largest absolute Gasteiger partial charge is 0.490 e. The topological polar surface area (TPSA) is 104 Å². The Morgan fingerprint density at radius 3 is 2.36 bits per heavy atom.